The van der Waals surface area contributed by atoms with Gasteiger partial charge in [0.15, 0.2) is 0 Å². The van der Waals surface area contributed by atoms with Crippen LogP contribution in [0.3, 0.4) is 0 Å². The molecule has 2 unspecified atom stereocenters. The molecule has 1 aliphatic rings. The molecule has 1 aliphatic heterocycles. The molecule has 1 amide bonds. The molecule has 1 heterocycles. The lowest BCUT2D eigenvalue weighted by Gasteiger charge is -2.18. The summed E-state index contributed by atoms with van der Waals surface area (Å²) in [5.74, 6) is 0.189. The van der Waals surface area contributed by atoms with E-state index in [-0.39, 0.29) is 36.6 Å². The van der Waals surface area contributed by atoms with Crippen LogP contribution in [-0.2, 0) is 11.3 Å². The Labute approximate surface area is 145 Å². The van der Waals surface area contributed by atoms with Gasteiger partial charge in [-0.1, -0.05) is 37.3 Å². The van der Waals surface area contributed by atoms with Crippen LogP contribution in [0.1, 0.15) is 18.9 Å². The first-order valence-corrected chi connectivity index (χ1v) is 7.40. The Bertz CT molecular complexity index is 431. The molecule has 0 aromatic heterocycles. The number of benzene rings is 1. The third-order valence-corrected chi connectivity index (χ3v) is 3.83. The van der Waals surface area contributed by atoms with Gasteiger partial charge >= 0.3 is 0 Å². The number of amides is 1. The predicted molar refractivity (Wildman–Crippen MR) is 95.9 cm³/mol. The lowest BCUT2D eigenvalue weighted by Crippen LogP contribution is -2.42. The highest BCUT2D eigenvalue weighted by atomic mass is 35.5. The first kappa shape index (κ1) is 21.2. The number of nitrogens with one attached hydrogen (secondary N) is 2. The van der Waals surface area contributed by atoms with E-state index in [4.69, 9.17) is 0 Å². The highest BCUT2D eigenvalue weighted by molar-refractivity contribution is 5.85. The van der Waals surface area contributed by atoms with E-state index in [0.29, 0.717) is 6.04 Å². The van der Waals surface area contributed by atoms with Gasteiger partial charge in [-0.05, 0) is 19.0 Å². The first-order chi connectivity index (χ1) is 9.69. The minimum atomic E-state index is 0. The van der Waals surface area contributed by atoms with Crippen molar-refractivity contribution in [2.24, 2.45) is 5.92 Å². The molecule has 2 atom stereocenters. The Morgan fingerprint density at radius 3 is 2.64 bits per heavy atom. The molecule has 0 saturated carbocycles. The summed E-state index contributed by atoms with van der Waals surface area (Å²) in [5.41, 5.74) is 1.34. The highest BCUT2D eigenvalue weighted by Crippen LogP contribution is 2.13. The zero-order valence-electron chi connectivity index (χ0n) is 13.2. The zero-order chi connectivity index (χ0) is 14.4. The number of likely N-dealkylation sites (tertiary alicyclic amines) is 1. The fourth-order valence-corrected chi connectivity index (χ4v) is 2.68. The zero-order valence-corrected chi connectivity index (χ0v) is 14.9. The van der Waals surface area contributed by atoms with Gasteiger partial charge in [-0.15, -0.1) is 24.8 Å². The summed E-state index contributed by atoms with van der Waals surface area (Å²) in [5, 5.41) is 6.20. The van der Waals surface area contributed by atoms with Crippen molar-refractivity contribution in [3.05, 3.63) is 35.9 Å². The summed E-state index contributed by atoms with van der Waals surface area (Å²) in [6.45, 7) is 5.67. The number of hydrogen-bond donors (Lipinski definition) is 2. The normalized spacial score (nSPS) is 18.9. The lowest BCUT2D eigenvalue weighted by molar-refractivity contribution is -0.125. The standard InChI is InChI=1S/C16H25N3O.2ClH/c1-13(10-17-2)16(20)18-15-8-9-19(12-15)11-14-6-4-3-5-7-14;;/h3-7,13,15,17H,8-12H2,1-2H3,(H,18,20);2*1H. The van der Waals surface area contributed by atoms with Crippen LogP contribution in [0.15, 0.2) is 30.3 Å². The number of halogens is 2. The molecule has 1 saturated heterocycles. The molecule has 1 aromatic carbocycles. The highest BCUT2D eigenvalue weighted by Gasteiger charge is 2.25. The second-order valence-electron chi connectivity index (χ2n) is 5.67. The molecule has 1 fully saturated rings. The number of carbonyl (C=O) groups excluding carboxylic acids is 1. The van der Waals surface area contributed by atoms with Crippen molar-refractivity contribution in [2.75, 3.05) is 26.7 Å². The van der Waals surface area contributed by atoms with Crippen LogP contribution < -0.4 is 10.6 Å². The van der Waals surface area contributed by atoms with Crippen molar-refractivity contribution < 1.29 is 4.79 Å². The summed E-state index contributed by atoms with van der Waals surface area (Å²) in [6, 6.07) is 10.8. The Morgan fingerprint density at radius 1 is 1.32 bits per heavy atom. The van der Waals surface area contributed by atoms with E-state index >= 15 is 0 Å². The third-order valence-electron chi connectivity index (χ3n) is 3.83. The van der Waals surface area contributed by atoms with Gasteiger partial charge in [0, 0.05) is 38.1 Å². The van der Waals surface area contributed by atoms with E-state index in [1.807, 2.05) is 20.0 Å². The number of rotatable bonds is 6. The number of nitrogens with zero attached hydrogens (tertiary/aromatic N) is 1. The fraction of sp³-hybridized carbons (Fsp3) is 0.562. The quantitative estimate of drug-likeness (QED) is 0.827. The molecule has 0 aliphatic carbocycles. The molecular formula is C16H27Cl2N3O. The van der Waals surface area contributed by atoms with E-state index in [2.05, 4.69) is 39.8 Å². The average molecular weight is 348 g/mol. The average Bonchev–Trinajstić information content (AvgIpc) is 2.87. The van der Waals surface area contributed by atoms with Crippen LogP contribution in [0, 0.1) is 5.92 Å². The van der Waals surface area contributed by atoms with Crippen molar-refractivity contribution in [2.45, 2.75) is 25.9 Å². The van der Waals surface area contributed by atoms with E-state index < -0.39 is 0 Å². The van der Waals surface area contributed by atoms with Crippen molar-refractivity contribution in [3.8, 4) is 0 Å². The van der Waals surface area contributed by atoms with Gasteiger partial charge in [0.25, 0.3) is 0 Å². The minimum Gasteiger partial charge on any atom is -0.352 e. The van der Waals surface area contributed by atoms with Crippen molar-refractivity contribution >= 4 is 30.7 Å². The van der Waals surface area contributed by atoms with E-state index in [0.717, 1.165) is 32.6 Å². The van der Waals surface area contributed by atoms with Gasteiger partial charge in [0.05, 0.1) is 0 Å². The number of carbonyl (C=O) groups is 1. The molecule has 22 heavy (non-hydrogen) atoms. The second kappa shape index (κ2) is 10.8. The van der Waals surface area contributed by atoms with Crippen LogP contribution in [0.5, 0.6) is 0 Å². The maximum absolute atomic E-state index is 12.0. The summed E-state index contributed by atoms with van der Waals surface area (Å²) in [6.07, 6.45) is 1.05. The molecule has 1 aromatic rings. The van der Waals surface area contributed by atoms with Gasteiger partial charge in [0.2, 0.25) is 5.91 Å². The predicted octanol–water partition coefficient (Wildman–Crippen LogP) is 2.08. The van der Waals surface area contributed by atoms with E-state index in [9.17, 15) is 4.79 Å². The number of hydrogen-bond acceptors (Lipinski definition) is 3. The Balaban J connectivity index is 0.00000220. The van der Waals surface area contributed by atoms with Crippen molar-refractivity contribution in [1.29, 1.82) is 0 Å². The minimum absolute atomic E-state index is 0. The van der Waals surface area contributed by atoms with Crippen LogP contribution in [0.25, 0.3) is 0 Å². The Hall–Kier alpha value is -0.810. The molecule has 0 bridgehead atoms. The fourth-order valence-electron chi connectivity index (χ4n) is 2.68. The van der Waals surface area contributed by atoms with Gasteiger partial charge < -0.3 is 10.6 Å². The molecule has 0 radical (unpaired) electrons. The van der Waals surface area contributed by atoms with E-state index in [1.165, 1.54) is 5.56 Å². The van der Waals surface area contributed by atoms with Crippen LogP contribution in [0.2, 0.25) is 0 Å². The van der Waals surface area contributed by atoms with E-state index in [1.54, 1.807) is 0 Å². The molecule has 126 valence electrons. The molecule has 0 spiro atoms. The summed E-state index contributed by atoms with van der Waals surface area (Å²) < 4.78 is 0. The molecule has 2 N–H and O–H groups in total. The van der Waals surface area contributed by atoms with Crippen molar-refractivity contribution in [1.82, 2.24) is 15.5 Å². The van der Waals surface area contributed by atoms with Gasteiger partial charge in [-0.3, -0.25) is 9.69 Å². The maximum atomic E-state index is 12.0. The molecule has 2 rings (SSSR count). The Morgan fingerprint density at radius 2 is 2.00 bits per heavy atom. The maximum Gasteiger partial charge on any atom is 0.224 e. The molecule has 6 heteroatoms. The van der Waals surface area contributed by atoms with Crippen LogP contribution in [0.4, 0.5) is 0 Å². The van der Waals surface area contributed by atoms with Crippen molar-refractivity contribution in [3.63, 3.8) is 0 Å². The molecular weight excluding hydrogens is 321 g/mol. The second-order valence-corrected chi connectivity index (χ2v) is 5.67. The van der Waals surface area contributed by atoms with Gasteiger partial charge in [0.1, 0.15) is 0 Å². The SMILES string of the molecule is CNCC(C)C(=O)NC1CCN(Cc2ccccc2)C1.Cl.Cl. The smallest absolute Gasteiger partial charge is 0.224 e. The van der Waals surface area contributed by atoms with Crippen LogP contribution in [-0.4, -0.2) is 43.5 Å². The summed E-state index contributed by atoms with van der Waals surface area (Å²) >= 11 is 0. The largest absolute Gasteiger partial charge is 0.352 e. The Kier molecular flexibility index (Phi) is 10.4. The molecule has 4 nitrogen and oxygen atoms in total. The van der Waals surface area contributed by atoms with Gasteiger partial charge in [-0.2, -0.15) is 0 Å². The summed E-state index contributed by atoms with van der Waals surface area (Å²) in [7, 11) is 1.88. The summed E-state index contributed by atoms with van der Waals surface area (Å²) in [4.78, 5) is 14.4. The first-order valence-electron chi connectivity index (χ1n) is 7.40. The monoisotopic (exact) mass is 347 g/mol. The topological polar surface area (TPSA) is 44.4 Å². The third kappa shape index (κ3) is 6.53. The van der Waals surface area contributed by atoms with Gasteiger partial charge in [-0.25, -0.2) is 0 Å². The lowest BCUT2D eigenvalue weighted by atomic mass is 10.1. The van der Waals surface area contributed by atoms with Crippen LogP contribution >= 0.6 is 24.8 Å².